The van der Waals surface area contributed by atoms with Gasteiger partial charge in [0.25, 0.3) is 0 Å². The monoisotopic (exact) mass is 511 g/mol. The van der Waals surface area contributed by atoms with Crippen molar-refractivity contribution in [3.8, 4) is 0 Å². The normalized spacial score (nSPS) is 15.4. The van der Waals surface area contributed by atoms with Crippen LogP contribution in [0.25, 0.3) is 0 Å². The Morgan fingerprint density at radius 1 is 0.676 bits per heavy atom. The van der Waals surface area contributed by atoms with Gasteiger partial charge in [0.15, 0.2) is 0 Å². The quantitative estimate of drug-likeness (QED) is 0.281. The zero-order valence-corrected chi connectivity index (χ0v) is 22.3. The molecule has 0 heterocycles. The van der Waals surface area contributed by atoms with Gasteiger partial charge in [-0.2, -0.15) is 0 Å². The molecule has 5 N–H and O–H groups in total. The third kappa shape index (κ3) is 9.63. The zero-order chi connectivity index (χ0) is 27.5. The first kappa shape index (κ1) is 30.0. The van der Waals surface area contributed by atoms with Gasteiger partial charge in [0, 0.05) is 13.3 Å². The van der Waals surface area contributed by atoms with Crippen LogP contribution in [0.1, 0.15) is 45.7 Å². The average molecular weight is 512 g/mol. The Labute approximate surface area is 219 Å². The molecule has 2 rings (SSSR count). The summed E-state index contributed by atoms with van der Waals surface area (Å²) in [4.78, 5) is 38.0. The highest BCUT2D eigenvalue weighted by Gasteiger charge is 2.34. The van der Waals surface area contributed by atoms with E-state index >= 15 is 0 Å². The number of nitrogens with one attached hydrogen (secondary N) is 3. The lowest BCUT2D eigenvalue weighted by molar-refractivity contribution is -0.134. The highest BCUT2D eigenvalue weighted by molar-refractivity contribution is 5.92. The summed E-state index contributed by atoms with van der Waals surface area (Å²) in [5, 5.41) is 30.2. The first-order valence-corrected chi connectivity index (χ1v) is 12.8. The van der Waals surface area contributed by atoms with E-state index in [4.69, 9.17) is 0 Å². The van der Waals surface area contributed by atoms with E-state index in [-0.39, 0.29) is 24.2 Å². The van der Waals surface area contributed by atoms with Crippen LogP contribution in [0.15, 0.2) is 60.7 Å². The lowest BCUT2D eigenvalue weighted by Crippen LogP contribution is -2.59. The molecule has 8 nitrogen and oxygen atoms in total. The van der Waals surface area contributed by atoms with Crippen LogP contribution in [0, 0.1) is 11.8 Å². The van der Waals surface area contributed by atoms with Crippen LogP contribution < -0.4 is 16.0 Å². The molecule has 0 aliphatic carbocycles. The minimum atomic E-state index is -1.25. The van der Waals surface area contributed by atoms with Crippen LogP contribution in [-0.4, -0.2) is 58.3 Å². The minimum absolute atomic E-state index is 0.180. The molecule has 8 heteroatoms. The van der Waals surface area contributed by atoms with Crippen molar-refractivity contribution in [3.63, 3.8) is 0 Å². The Morgan fingerprint density at radius 3 is 1.57 bits per heavy atom. The van der Waals surface area contributed by atoms with Crippen LogP contribution >= 0.6 is 0 Å². The highest BCUT2D eigenvalue weighted by Crippen LogP contribution is 2.14. The van der Waals surface area contributed by atoms with Gasteiger partial charge in [-0.25, -0.2) is 0 Å². The van der Waals surface area contributed by atoms with Gasteiger partial charge in [0.2, 0.25) is 17.7 Å². The summed E-state index contributed by atoms with van der Waals surface area (Å²) in [6, 6.07) is 16.2. The molecule has 0 saturated carbocycles. The number of hydrogen-bond donors (Lipinski definition) is 5. The molecular weight excluding hydrogens is 470 g/mol. The summed E-state index contributed by atoms with van der Waals surface area (Å²) >= 11 is 0. The molecule has 2 aromatic carbocycles. The van der Waals surface area contributed by atoms with Gasteiger partial charge in [0.05, 0.1) is 12.1 Å². The van der Waals surface area contributed by atoms with Gasteiger partial charge < -0.3 is 26.2 Å². The summed E-state index contributed by atoms with van der Waals surface area (Å²) in [6.07, 6.45) is -1.86. The van der Waals surface area contributed by atoms with Crippen molar-refractivity contribution < 1.29 is 24.6 Å². The third-order valence-corrected chi connectivity index (χ3v) is 6.28. The maximum Gasteiger partial charge on any atom is 0.243 e. The number of carbonyl (C=O) groups is 3. The van der Waals surface area contributed by atoms with Crippen molar-refractivity contribution in [3.05, 3.63) is 71.8 Å². The first-order chi connectivity index (χ1) is 17.5. The Bertz CT molecular complexity index is 997. The molecule has 0 radical (unpaired) electrons. The molecule has 3 amide bonds. The van der Waals surface area contributed by atoms with Crippen LogP contribution in [0.2, 0.25) is 0 Å². The molecule has 0 aliphatic heterocycles. The van der Waals surface area contributed by atoms with Crippen molar-refractivity contribution in [2.75, 3.05) is 0 Å². The largest absolute Gasteiger partial charge is 0.390 e. The second-order valence-electron chi connectivity index (χ2n) is 10.2. The minimum Gasteiger partial charge on any atom is -0.390 e. The number of amides is 3. The number of carbonyl (C=O) groups excluding carboxylic acids is 3. The average Bonchev–Trinajstić information content (AvgIpc) is 2.85. The fourth-order valence-electron chi connectivity index (χ4n) is 4.17. The van der Waals surface area contributed by atoms with Crippen molar-refractivity contribution in [2.24, 2.45) is 11.8 Å². The molecular formula is C29H41N3O5. The zero-order valence-electron chi connectivity index (χ0n) is 22.3. The number of aliphatic hydroxyl groups is 2. The molecule has 0 bridgehead atoms. The van der Waals surface area contributed by atoms with Gasteiger partial charge >= 0.3 is 0 Å². The van der Waals surface area contributed by atoms with Crippen LogP contribution in [0.4, 0.5) is 0 Å². The Hall–Kier alpha value is -3.23. The van der Waals surface area contributed by atoms with Gasteiger partial charge in [0.1, 0.15) is 18.2 Å². The lowest BCUT2D eigenvalue weighted by Gasteiger charge is -2.31. The van der Waals surface area contributed by atoms with E-state index in [1.807, 2.05) is 74.5 Å². The fraction of sp³-hybridized carbons (Fsp3) is 0.483. The van der Waals surface area contributed by atoms with E-state index in [2.05, 4.69) is 16.0 Å². The summed E-state index contributed by atoms with van der Waals surface area (Å²) in [6.45, 7) is 8.57. The van der Waals surface area contributed by atoms with Crippen molar-refractivity contribution >= 4 is 17.7 Å². The molecule has 5 atom stereocenters. The summed E-state index contributed by atoms with van der Waals surface area (Å²) in [5.74, 6) is -1.71. The molecule has 0 fully saturated rings. The lowest BCUT2D eigenvalue weighted by atomic mass is 9.93. The third-order valence-electron chi connectivity index (χ3n) is 6.28. The van der Waals surface area contributed by atoms with E-state index in [0.29, 0.717) is 6.42 Å². The first-order valence-electron chi connectivity index (χ1n) is 12.8. The number of aliphatic hydroxyl groups excluding tert-OH is 2. The molecule has 3 unspecified atom stereocenters. The van der Waals surface area contributed by atoms with E-state index < -0.39 is 42.1 Å². The van der Waals surface area contributed by atoms with E-state index in [1.165, 1.54) is 6.92 Å². The Morgan fingerprint density at radius 2 is 1.11 bits per heavy atom. The molecule has 0 aliphatic rings. The van der Waals surface area contributed by atoms with Crippen molar-refractivity contribution in [1.29, 1.82) is 0 Å². The van der Waals surface area contributed by atoms with Gasteiger partial charge in [-0.05, 0) is 29.4 Å². The molecule has 202 valence electrons. The fourth-order valence-corrected chi connectivity index (χ4v) is 4.17. The molecule has 0 saturated heterocycles. The molecule has 2 aromatic rings. The number of benzene rings is 2. The second kappa shape index (κ2) is 14.5. The summed E-state index contributed by atoms with van der Waals surface area (Å²) in [7, 11) is 0. The SMILES string of the molecule is CC(=O)N[C@H](C(=O)N[C@H](C(=O)NC(Cc1ccccc1)C(O)C(O)Cc1ccccc1)C(C)C)C(C)C. The van der Waals surface area contributed by atoms with Crippen molar-refractivity contribution in [2.45, 2.75) is 77.8 Å². The van der Waals surface area contributed by atoms with E-state index in [1.54, 1.807) is 13.8 Å². The summed E-state index contributed by atoms with van der Waals surface area (Å²) in [5.41, 5.74) is 1.75. The topological polar surface area (TPSA) is 128 Å². The maximum atomic E-state index is 13.4. The maximum absolute atomic E-state index is 13.4. The van der Waals surface area contributed by atoms with Crippen LogP contribution in [0.3, 0.4) is 0 Å². The van der Waals surface area contributed by atoms with Crippen LogP contribution in [0.5, 0.6) is 0 Å². The standard InChI is InChI=1S/C29H41N3O5/c1-18(2)25(30-20(5)33)29(37)32-26(19(3)4)28(36)31-23(16-21-12-8-6-9-13-21)27(35)24(34)17-22-14-10-7-11-15-22/h6-15,18-19,23-27,34-35H,16-17H2,1-5H3,(H,30,33)(H,31,36)(H,32,37)/t23?,24?,25-,26-,27?/m0/s1. The molecule has 0 spiro atoms. The number of hydrogen-bond acceptors (Lipinski definition) is 5. The Balaban J connectivity index is 2.22. The van der Waals surface area contributed by atoms with Crippen LogP contribution in [-0.2, 0) is 27.2 Å². The van der Waals surface area contributed by atoms with E-state index in [9.17, 15) is 24.6 Å². The predicted octanol–water partition coefficient (Wildman–Crippen LogP) is 1.98. The number of rotatable bonds is 13. The van der Waals surface area contributed by atoms with Gasteiger partial charge in [-0.3, -0.25) is 14.4 Å². The molecule has 37 heavy (non-hydrogen) atoms. The van der Waals surface area contributed by atoms with Gasteiger partial charge in [-0.15, -0.1) is 0 Å². The van der Waals surface area contributed by atoms with E-state index in [0.717, 1.165) is 11.1 Å². The molecule has 0 aromatic heterocycles. The van der Waals surface area contributed by atoms with Crippen molar-refractivity contribution in [1.82, 2.24) is 16.0 Å². The second-order valence-corrected chi connectivity index (χ2v) is 10.2. The van der Waals surface area contributed by atoms with Gasteiger partial charge in [-0.1, -0.05) is 88.4 Å². The summed E-state index contributed by atoms with van der Waals surface area (Å²) < 4.78 is 0. The Kier molecular flexibility index (Phi) is 11.8. The highest BCUT2D eigenvalue weighted by atomic mass is 16.3. The predicted molar refractivity (Wildman–Crippen MR) is 143 cm³/mol. The smallest absolute Gasteiger partial charge is 0.243 e.